The molecule has 0 radical (unpaired) electrons. The maximum absolute atomic E-state index is 13.8. The molecule has 1 heterocycles. The number of sulfonamides is 1. The van der Waals surface area contributed by atoms with Crippen molar-refractivity contribution in [2.24, 2.45) is 0 Å². The van der Waals surface area contributed by atoms with E-state index in [2.05, 4.69) is 0 Å². The smallest absolute Gasteiger partial charge is 0.247 e. The Balaban J connectivity index is 1.72. The van der Waals surface area contributed by atoms with Gasteiger partial charge in [-0.3, -0.25) is 4.79 Å². The lowest BCUT2D eigenvalue weighted by Gasteiger charge is -2.28. The van der Waals surface area contributed by atoms with E-state index in [-0.39, 0.29) is 35.7 Å². The van der Waals surface area contributed by atoms with Crippen LogP contribution in [-0.2, 0) is 27.8 Å². The molecule has 0 saturated carbocycles. The average molecular weight is 465 g/mol. The van der Waals surface area contributed by atoms with Crippen LogP contribution in [0.1, 0.15) is 23.6 Å². The van der Waals surface area contributed by atoms with Crippen LogP contribution in [0.5, 0.6) is 5.75 Å². The largest absolute Gasteiger partial charge is 0.495 e. The van der Waals surface area contributed by atoms with Gasteiger partial charge in [-0.1, -0.05) is 54.6 Å². The summed E-state index contributed by atoms with van der Waals surface area (Å²) < 4.78 is 34.2. The van der Waals surface area contributed by atoms with Crippen LogP contribution in [0.3, 0.4) is 0 Å². The molecule has 1 aliphatic heterocycles. The van der Waals surface area contributed by atoms with Crippen molar-refractivity contribution in [2.45, 2.75) is 37.8 Å². The Kier molecular flexibility index (Phi) is 6.54. The molecule has 0 N–H and O–H groups in total. The van der Waals surface area contributed by atoms with Crippen LogP contribution in [0, 0.1) is 6.92 Å². The second kappa shape index (κ2) is 9.37. The Morgan fingerprint density at radius 3 is 2.48 bits per heavy atom. The maximum atomic E-state index is 13.8. The first-order valence-electron chi connectivity index (χ1n) is 10.9. The number of nitrogens with zero attached hydrogens (tertiary/aromatic N) is 2. The van der Waals surface area contributed by atoms with Gasteiger partial charge in [0.15, 0.2) is 0 Å². The molecule has 1 amide bonds. The number of ether oxygens (including phenoxy) is 1. The highest BCUT2D eigenvalue weighted by atomic mass is 32.2. The summed E-state index contributed by atoms with van der Waals surface area (Å²) in [5.74, 6) is 0.00423. The van der Waals surface area contributed by atoms with E-state index in [1.165, 1.54) is 11.4 Å². The number of carbonyl (C=O) groups excluding carboxylic acids is 1. The van der Waals surface area contributed by atoms with Crippen LogP contribution in [0.4, 0.5) is 5.69 Å². The number of amides is 1. The number of hydrogen-bond donors (Lipinski definition) is 0. The molecule has 0 spiro atoms. The molecule has 0 unspecified atom stereocenters. The van der Waals surface area contributed by atoms with E-state index in [4.69, 9.17) is 4.74 Å². The predicted molar refractivity (Wildman–Crippen MR) is 129 cm³/mol. The van der Waals surface area contributed by atoms with E-state index in [1.54, 1.807) is 23.1 Å². The normalized spacial score (nSPS) is 15.5. The van der Waals surface area contributed by atoms with Crippen molar-refractivity contribution in [3.8, 4) is 5.75 Å². The third-order valence-corrected chi connectivity index (χ3v) is 7.74. The first kappa shape index (κ1) is 23.0. The predicted octanol–water partition coefficient (Wildman–Crippen LogP) is 4.17. The van der Waals surface area contributed by atoms with Crippen LogP contribution in [0.2, 0.25) is 0 Å². The molecule has 0 aliphatic carbocycles. The highest BCUT2D eigenvalue weighted by Gasteiger charge is 2.35. The van der Waals surface area contributed by atoms with Gasteiger partial charge >= 0.3 is 0 Å². The fraction of sp³-hybridized carbons (Fsp3) is 0.269. The van der Waals surface area contributed by atoms with E-state index in [1.807, 2.05) is 68.4 Å². The topological polar surface area (TPSA) is 66.9 Å². The van der Waals surface area contributed by atoms with Gasteiger partial charge in [0.25, 0.3) is 0 Å². The van der Waals surface area contributed by atoms with Crippen LogP contribution in [0.15, 0.2) is 77.7 Å². The summed E-state index contributed by atoms with van der Waals surface area (Å²) in [6.45, 7) is 3.62. The standard InChI is InChI=1S/C26H28N2O4S/c1-19-13-14-24(32-3)25(15-19)33(30,31)27(17-21-9-5-4-6-10-21)18-26(29)28-20(2)16-22-11-7-8-12-23(22)28/h4-15,20H,16-18H2,1-3H3/t20-/m0/s1. The number of methoxy groups -OCH3 is 1. The summed E-state index contributed by atoms with van der Waals surface area (Å²) in [6, 6.07) is 22.1. The second-order valence-corrected chi connectivity index (χ2v) is 10.3. The summed E-state index contributed by atoms with van der Waals surface area (Å²) in [7, 11) is -2.58. The van der Waals surface area contributed by atoms with Gasteiger partial charge < -0.3 is 9.64 Å². The molecule has 1 aliphatic rings. The molecule has 1 atom stereocenters. The van der Waals surface area contributed by atoms with Gasteiger partial charge in [-0.15, -0.1) is 0 Å². The summed E-state index contributed by atoms with van der Waals surface area (Å²) in [5, 5.41) is 0. The Bertz CT molecular complexity index is 1260. The Morgan fingerprint density at radius 2 is 1.76 bits per heavy atom. The fourth-order valence-corrected chi connectivity index (χ4v) is 5.93. The maximum Gasteiger partial charge on any atom is 0.247 e. The van der Waals surface area contributed by atoms with Gasteiger partial charge in [-0.05, 0) is 55.2 Å². The number of hydrogen-bond acceptors (Lipinski definition) is 4. The number of anilines is 1. The minimum Gasteiger partial charge on any atom is -0.495 e. The summed E-state index contributed by atoms with van der Waals surface area (Å²) in [5.41, 5.74) is 3.54. The van der Waals surface area contributed by atoms with Crippen LogP contribution in [-0.4, -0.2) is 38.3 Å². The molecule has 0 saturated heterocycles. The number of rotatable bonds is 7. The van der Waals surface area contributed by atoms with E-state index >= 15 is 0 Å². The van der Waals surface area contributed by atoms with E-state index in [0.717, 1.165) is 28.8 Å². The number of carbonyl (C=O) groups is 1. The van der Waals surface area contributed by atoms with Crippen molar-refractivity contribution in [2.75, 3.05) is 18.6 Å². The van der Waals surface area contributed by atoms with Crippen LogP contribution in [0.25, 0.3) is 0 Å². The van der Waals surface area contributed by atoms with E-state index < -0.39 is 10.0 Å². The second-order valence-electron chi connectivity index (χ2n) is 8.36. The van der Waals surface area contributed by atoms with Crippen molar-refractivity contribution in [3.05, 3.63) is 89.5 Å². The van der Waals surface area contributed by atoms with E-state index in [0.29, 0.717) is 0 Å². The van der Waals surface area contributed by atoms with Gasteiger partial charge in [-0.2, -0.15) is 4.31 Å². The Morgan fingerprint density at radius 1 is 1.06 bits per heavy atom. The lowest BCUT2D eigenvalue weighted by atomic mass is 10.1. The molecule has 0 fully saturated rings. The summed E-state index contributed by atoms with van der Waals surface area (Å²) in [6.07, 6.45) is 0.749. The molecule has 172 valence electrons. The van der Waals surface area contributed by atoms with Crippen molar-refractivity contribution in [3.63, 3.8) is 0 Å². The fourth-order valence-electron chi connectivity index (χ4n) is 4.31. The van der Waals surface area contributed by atoms with Crippen LogP contribution >= 0.6 is 0 Å². The molecular formula is C26H28N2O4S. The van der Waals surface area contributed by atoms with Crippen molar-refractivity contribution < 1.29 is 17.9 Å². The minimum atomic E-state index is -4.02. The van der Waals surface area contributed by atoms with Crippen molar-refractivity contribution >= 4 is 21.6 Å². The minimum absolute atomic E-state index is 0.0373. The molecule has 3 aromatic carbocycles. The average Bonchev–Trinajstić information content (AvgIpc) is 3.15. The third-order valence-electron chi connectivity index (χ3n) is 5.93. The van der Waals surface area contributed by atoms with E-state index in [9.17, 15) is 13.2 Å². The molecule has 33 heavy (non-hydrogen) atoms. The summed E-state index contributed by atoms with van der Waals surface area (Å²) >= 11 is 0. The number of benzene rings is 3. The zero-order valence-electron chi connectivity index (χ0n) is 19.1. The molecule has 3 aromatic rings. The molecular weight excluding hydrogens is 436 g/mol. The highest BCUT2D eigenvalue weighted by molar-refractivity contribution is 7.89. The lowest BCUT2D eigenvalue weighted by molar-refractivity contribution is -0.119. The highest BCUT2D eigenvalue weighted by Crippen LogP contribution is 2.33. The first-order valence-corrected chi connectivity index (χ1v) is 12.3. The van der Waals surface area contributed by atoms with Gasteiger partial charge in [0.2, 0.25) is 15.9 Å². The first-order chi connectivity index (χ1) is 15.8. The molecule has 6 nitrogen and oxygen atoms in total. The number of aryl methyl sites for hydroxylation is 1. The van der Waals surface area contributed by atoms with Gasteiger partial charge in [0.1, 0.15) is 10.6 Å². The molecule has 4 rings (SSSR count). The van der Waals surface area contributed by atoms with Gasteiger partial charge in [0.05, 0.1) is 13.7 Å². The van der Waals surface area contributed by atoms with Gasteiger partial charge in [-0.25, -0.2) is 8.42 Å². The third kappa shape index (κ3) is 4.65. The van der Waals surface area contributed by atoms with Gasteiger partial charge in [0, 0.05) is 18.3 Å². The Labute approximate surface area is 195 Å². The monoisotopic (exact) mass is 464 g/mol. The van der Waals surface area contributed by atoms with Crippen LogP contribution < -0.4 is 9.64 Å². The zero-order chi connectivity index (χ0) is 23.6. The van der Waals surface area contributed by atoms with Crippen molar-refractivity contribution in [1.82, 2.24) is 4.31 Å². The zero-order valence-corrected chi connectivity index (χ0v) is 19.9. The molecule has 0 bridgehead atoms. The lowest BCUT2D eigenvalue weighted by Crippen LogP contribution is -2.44. The number of para-hydroxylation sites is 1. The number of fused-ring (bicyclic) bond motifs is 1. The summed E-state index contributed by atoms with van der Waals surface area (Å²) in [4.78, 5) is 15.3. The van der Waals surface area contributed by atoms with Crippen molar-refractivity contribution in [1.29, 1.82) is 0 Å². The molecule has 7 heteroatoms. The SMILES string of the molecule is COc1ccc(C)cc1S(=O)(=O)N(CC(=O)N1c2ccccc2C[C@@H]1C)Cc1ccccc1. The molecule has 0 aromatic heterocycles. The quantitative estimate of drug-likeness (QED) is 0.526. The Hall–Kier alpha value is -3.16.